The Morgan fingerprint density at radius 1 is 1.12 bits per heavy atom. The van der Waals surface area contributed by atoms with Crippen LogP contribution >= 0.6 is 0 Å². The molecular formula is C20H19FN2O2. The van der Waals surface area contributed by atoms with Gasteiger partial charge in [-0.25, -0.2) is 9.37 Å². The van der Waals surface area contributed by atoms with Crippen LogP contribution in [0.2, 0.25) is 0 Å². The molecule has 0 aliphatic carbocycles. The van der Waals surface area contributed by atoms with Crippen molar-refractivity contribution in [2.75, 3.05) is 6.54 Å². The van der Waals surface area contributed by atoms with Crippen molar-refractivity contribution in [3.05, 3.63) is 76.9 Å². The summed E-state index contributed by atoms with van der Waals surface area (Å²) in [5.41, 5.74) is 2.77. The molecule has 0 aliphatic heterocycles. The number of carbonyl (C=O) groups excluding carboxylic acids is 1. The number of nitrogens with one attached hydrogen (secondary N) is 1. The van der Waals surface area contributed by atoms with Gasteiger partial charge < -0.3 is 9.73 Å². The SMILES string of the molecule is Cc1ccc(CCNC(=O)c2nc(-c3ccccc3F)oc2C)cc1. The Bertz CT molecular complexity index is 885. The summed E-state index contributed by atoms with van der Waals surface area (Å²) in [4.78, 5) is 16.5. The monoisotopic (exact) mass is 338 g/mol. The molecule has 4 nitrogen and oxygen atoms in total. The topological polar surface area (TPSA) is 55.1 Å². The van der Waals surface area contributed by atoms with Crippen LogP contribution < -0.4 is 5.32 Å². The molecule has 0 saturated heterocycles. The molecule has 0 saturated carbocycles. The van der Waals surface area contributed by atoms with Crippen LogP contribution in [-0.2, 0) is 6.42 Å². The lowest BCUT2D eigenvalue weighted by molar-refractivity contribution is 0.0948. The van der Waals surface area contributed by atoms with Crippen molar-refractivity contribution in [3.8, 4) is 11.5 Å². The Balaban J connectivity index is 1.66. The van der Waals surface area contributed by atoms with Crippen molar-refractivity contribution in [1.29, 1.82) is 0 Å². The molecule has 128 valence electrons. The quantitative estimate of drug-likeness (QED) is 0.763. The van der Waals surface area contributed by atoms with Crippen LogP contribution in [0, 0.1) is 19.7 Å². The van der Waals surface area contributed by atoms with E-state index in [1.807, 2.05) is 31.2 Å². The third-order valence-electron chi connectivity index (χ3n) is 3.94. The fourth-order valence-corrected chi connectivity index (χ4v) is 2.52. The molecule has 25 heavy (non-hydrogen) atoms. The summed E-state index contributed by atoms with van der Waals surface area (Å²) >= 11 is 0. The maximum atomic E-state index is 13.8. The van der Waals surface area contributed by atoms with Crippen LogP contribution in [0.25, 0.3) is 11.5 Å². The zero-order chi connectivity index (χ0) is 17.8. The second-order valence-corrected chi connectivity index (χ2v) is 5.90. The van der Waals surface area contributed by atoms with Crippen molar-refractivity contribution in [2.45, 2.75) is 20.3 Å². The molecule has 0 spiro atoms. The highest BCUT2D eigenvalue weighted by atomic mass is 19.1. The molecule has 3 rings (SSSR count). The predicted octanol–water partition coefficient (Wildman–Crippen LogP) is 4.07. The summed E-state index contributed by atoms with van der Waals surface area (Å²) in [6.07, 6.45) is 0.725. The molecule has 1 N–H and O–H groups in total. The summed E-state index contributed by atoms with van der Waals surface area (Å²) < 4.78 is 19.3. The fraction of sp³-hybridized carbons (Fsp3) is 0.200. The van der Waals surface area contributed by atoms with Gasteiger partial charge >= 0.3 is 0 Å². The first-order valence-electron chi connectivity index (χ1n) is 8.10. The minimum Gasteiger partial charge on any atom is -0.440 e. The Morgan fingerprint density at radius 2 is 1.84 bits per heavy atom. The molecule has 0 atom stereocenters. The zero-order valence-corrected chi connectivity index (χ0v) is 14.2. The molecule has 0 bridgehead atoms. The highest BCUT2D eigenvalue weighted by Crippen LogP contribution is 2.24. The number of nitrogens with zero attached hydrogens (tertiary/aromatic N) is 1. The second kappa shape index (κ2) is 7.30. The standard InChI is InChI=1S/C20H19FN2O2/c1-13-7-9-15(10-8-13)11-12-22-19(24)18-14(2)25-20(23-18)16-5-3-4-6-17(16)21/h3-10H,11-12H2,1-2H3,(H,22,24). The summed E-state index contributed by atoms with van der Waals surface area (Å²) in [6, 6.07) is 14.3. The smallest absolute Gasteiger partial charge is 0.273 e. The number of rotatable bonds is 5. The van der Waals surface area contributed by atoms with Gasteiger partial charge in [0.15, 0.2) is 5.69 Å². The van der Waals surface area contributed by atoms with Gasteiger partial charge in [0, 0.05) is 6.54 Å². The Kier molecular flexibility index (Phi) is 4.93. The third-order valence-corrected chi connectivity index (χ3v) is 3.94. The van der Waals surface area contributed by atoms with Gasteiger partial charge in [0.2, 0.25) is 5.89 Å². The molecule has 3 aromatic rings. The molecule has 0 radical (unpaired) electrons. The Labute approximate surface area is 145 Å². The fourth-order valence-electron chi connectivity index (χ4n) is 2.52. The Morgan fingerprint density at radius 3 is 2.56 bits per heavy atom. The van der Waals surface area contributed by atoms with Crippen molar-refractivity contribution >= 4 is 5.91 Å². The summed E-state index contributed by atoms with van der Waals surface area (Å²) in [6.45, 7) is 4.17. The second-order valence-electron chi connectivity index (χ2n) is 5.90. The summed E-state index contributed by atoms with van der Waals surface area (Å²) in [5.74, 6) is -0.281. The van der Waals surface area contributed by atoms with Gasteiger partial charge in [-0.1, -0.05) is 42.0 Å². The minimum atomic E-state index is -0.435. The minimum absolute atomic E-state index is 0.110. The molecule has 1 heterocycles. The van der Waals surface area contributed by atoms with E-state index in [2.05, 4.69) is 10.3 Å². The maximum Gasteiger partial charge on any atom is 0.273 e. The highest BCUT2D eigenvalue weighted by molar-refractivity contribution is 5.93. The predicted molar refractivity (Wildman–Crippen MR) is 93.9 cm³/mol. The van der Waals surface area contributed by atoms with Gasteiger partial charge in [-0.3, -0.25) is 4.79 Å². The van der Waals surface area contributed by atoms with Gasteiger partial charge in [-0.15, -0.1) is 0 Å². The largest absolute Gasteiger partial charge is 0.440 e. The summed E-state index contributed by atoms with van der Waals surface area (Å²) in [7, 11) is 0. The van der Waals surface area contributed by atoms with Crippen LogP contribution in [0.4, 0.5) is 4.39 Å². The average molecular weight is 338 g/mol. The van der Waals surface area contributed by atoms with E-state index in [1.54, 1.807) is 25.1 Å². The van der Waals surface area contributed by atoms with Gasteiger partial charge in [0.1, 0.15) is 11.6 Å². The molecule has 5 heteroatoms. The number of aromatic nitrogens is 1. The van der Waals surface area contributed by atoms with Gasteiger partial charge in [0.05, 0.1) is 5.56 Å². The molecular weight excluding hydrogens is 319 g/mol. The van der Waals surface area contributed by atoms with Crippen molar-refractivity contribution < 1.29 is 13.6 Å². The number of benzene rings is 2. The molecule has 0 unspecified atom stereocenters. The molecule has 1 aromatic heterocycles. The maximum absolute atomic E-state index is 13.8. The van der Waals surface area contributed by atoms with Crippen LogP contribution in [0.3, 0.4) is 0 Å². The molecule has 0 fully saturated rings. The van der Waals surface area contributed by atoms with E-state index in [9.17, 15) is 9.18 Å². The van der Waals surface area contributed by atoms with Gasteiger partial charge in [-0.2, -0.15) is 0 Å². The third kappa shape index (κ3) is 3.94. The van der Waals surface area contributed by atoms with E-state index in [0.29, 0.717) is 12.3 Å². The average Bonchev–Trinajstić information content (AvgIpc) is 2.98. The number of oxazole rings is 1. The van der Waals surface area contributed by atoms with E-state index >= 15 is 0 Å². The van der Waals surface area contributed by atoms with E-state index in [4.69, 9.17) is 4.42 Å². The van der Waals surface area contributed by atoms with Crippen LogP contribution in [0.5, 0.6) is 0 Å². The van der Waals surface area contributed by atoms with Crippen LogP contribution in [0.1, 0.15) is 27.4 Å². The number of halogens is 1. The first-order chi connectivity index (χ1) is 12.0. The van der Waals surface area contributed by atoms with E-state index in [1.165, 1.54) is 11.6 Å². The first-order valence-corrected chi connectivity index (χ1v) is 8.10. The normalized spacial score (nSPS) is 10.7. The Hall–Kier alpha value is -2.95. The van der Waals surface area contributed by atoms with Crippen LogP contribution in [-0.4, -0.2) is 17.4 Å². The number of amides is 1. The van der Waals surface area contributed by atoms with Crippen molar-refractivity contribution in [1.82, 2.24) is 10.3 Å². The lowest BCUT2D eigenvalue weighted by Gasteiger charge is -2.04. The van der Waals surface area contributed by atoms with Gasteiger partial charge in [-0.05, 0) is 38.0 Å². The molecule has 2 aromatic carbocycles. The van der Waals surface area contributed by atoms with Crippen molar-refractivity contribution in [3.63, 3.8) is 0 Å². The van der Waals surface area contributed by atoms with Gasteiger partial charge in [0.25, 0.3) is 5.91 Å². The molecule has 0 aliphatic rings. The number of aryl methyl sites for hydroxylation is 2. The summed E-state index contributed by atoms with van der Waals surface area (Å²) in [5, 5.41) is 2.83. The highest BCUT2D eigenvalue weighted by Gasteiger charge is 2.19. The van der Waals surface area contributed by atoms with Crippen molar-refractivity contribution in [2.24, 2.45) is 0 Å². The first kappa shape index (κ1) is 16.9. The molecule has 1 amide bonds. The zero-order valence-electron chi connectivity index (χ0n) is 14.2. The lowest BCUT2D eigenvalue weighted by atomic mass is 10.1. The number of carbonyl (C=O) groups is 1. The number of hydrogen-bond acceptors (Lipinski definition) is 3. The van der Waals surface area contributed by atoms with E-state index < -0.39 is 5.82 Å². The number of hydrogen-bond donors (Lipinski definition) is 1. The van der Waals surface area contributed by atoms with Crippen LogP contribution in [0.15, 0.2) is 52.9 Å². The van der Waals surface area contributed by atoms with E-state index in [0.717, 1.165) is 12.0 Å². The van der Waals surface area contributed by atoms with E-state index in [-0.39, 0.29) is 23.1 Å². The lowest BCUT2D eigenvalue weighted by Crippen LogP contribution is -2.26.